The van der Waals surface area contributed by atoms with Crippen molar-refractivity contribution in [1.29, 1.82) is 5.26 Å². The van der Waals surface area contributed by atoms with Gasteiger partial charge in [0.1, 0.15) is 6.61 Å². The number of halogens is 1. The fourth-order valence-electron chi connectivity index (χ4n) is 3.00. The van der Waals surface area contributed by atoms with Gasteiger partial charge in [-0.1, -0.05) is 24.3 Å². The number of carboxylic acids is 2. The summed E-state index contributed by atoms with van der Waals surface area (Å²) in [4.78, 5) is 22.0. The summed E-state index contributed by atoms with van der Waals surface area (Å²) in [5.41, 5.74) is 2.74. The third-order valence-electron chi connectivity index (χ3n) is 4.71. The lowest BCUT2D eigenvalue weighted by Gasteiger charge is -2.14. The van der Waals surface area contributed by atoms with E-state index in [1.165, 1.54) is 31.4 Å². The lowest BCUT2D eigenvalue weighted by molar-refractivity contribution is 0.0686. The Morgan fingerprint density at radius 3 is 2.03 bits per heavy atom. The number of ether oxygens (including phenoxy) is 2. The zero-order chi connectivity index (χ0) is 24.0. The van der Waals surface area contributed by atoms with Crippen molar-refractivity contribution in [2.45, 2.75) is 6.61 Å². The molecule has 3 rings (SSSR count). The molecule has 166 valence electrons. The molecule has 0 bridgehead atoms. The van der Waals surface area contributed by atoms with Crippen LogP contribution in [0.25, 0.3) is 11.6 Å². The molecule has 33 heavy (non-hydrogen) atoms. The van der Waals surface area contributed by atoms with E-state index in [1.807, 2.05) is 0 Å². The number of aromatic carboxylic acids is 2. The predicted octanol–water partition coefficient (Wildman–Crippen LogP) is 5.50. The van der Waals surface area contributed by atoms with E-state index in [4.69, 9.17) is 19.7 Å². The Kier molecular flexibility index (Phi) is 7.49. The third kappa shape index (κ3) is 5.79. The molecule has 0 saturated carbocycles. The highest BCUT2D eigenvalue weighted by molar-refractivity contribution is 9.10. The van der Waals surface area contributed by atoms with Crippen molar-refractivity contribution in [2.75, 3.05) is 7.11 Å². The number of hydrogen-bond donors (Lipinski definition) is 2. The van der Waals surface area contributed by atoms with E-state index in [0.717, 1.165) is 5.56 Å². The van der Waals surface area contributed by atoms with Gasteiger partial charge < -0.3 is 19.7 Å². The summed E-state index contributed by atoms with van der Waals surface area (Å²) in [6.07, 6.45) is 1.66. The van der Waals surface area contributed by atoms with Crippen molar-refractivity contribution in [1.82, 2.24) is 0 Å². The number of benzene rings is 3. The molecule has 0 unspecified atom stereocenters. The van der Waals surface area contributed by atoms with Gasteiger partial charge in [-0.3, -0.25) is 0 Å². The zero-order valence-corrected chi connectivity index (χ0v) is 19.0. The minimum atomic E-state index is -1.04. The minimum absolute atomic E-state index is 0.138. The normalized spacial score (nSPS) is 10.9. The number of carboxylic acid groups (broad SMARTS) is 2. The van der Waals surface area contributed by atoms with Gasteiger partial charge in [-0.25, -0.2) is 9.59 Å². The van der Waals surface area contributed by atoms with Crippen molar-refractivity contribution in [2.24, 2.45) is 0 Å². The van der Waals surface area contributed by atoms with Crippen LogP contribution in [0, 0.1) is 11.3 Å². The van der Waals surface area contributed by atoms with Gasteiger partial charge >= 0.3 is 11.9 Å². The molecule has 0 radical (unpaired) electrons. The Hall–Kier alpha value is -4.09. The summed E-state index contributed by atoms with van der Waals surface area (Å²) in [6.45, 7) is 0.198. The highest BCUT2D eigenvalue weighted by Crippen LogP contribution is 2.38. The molecular weight excluding hydrogens is 490 g/mol. The Labute approximate surface area is 198 Å². The second-order valence-corrected chi connectivity index (χ2v) is 7.73. The summed E-state index contributed by atoms with van der Waals surface area (Å²) in [5.74, 6) is -1.13. The summed E-state index contributed by atoms with van der Waals surface area (Å²) >= 11 is 3.48. The van der Waals surface area contributed by atoms with E-state index in [9.17, 15) is 14.9 Å². The van der Waals surface area contributed by atoms with Crippen LogP contribution in [0.2, 0.25) is 0 Å². The molecule has 0 aromatic heterocycles. The number of nitrogens with zero attached hydrogens (tertiary/aromatic N) is 1. The highest BCUT2D eigenvalue weighted by Gasteiger charge is 2.13. The first-order valence-electron chi connectivity index (χ1n) is 9.60. The van der Waals surface area contributed by atoms with Crippen LogP contribution < -0.4 is 9.47 Å². The average Bonchev–Trinajstić information content (AvgIpc) is 2.81. The standard InChI is InChI=1S/C25H18BrNO6/c1-32-22-12-16(10-20(13-27)17-6-8-19(9-7-17)25(30)31)11-21(26)23(22)33-14-15-2-4-18(5-3-15)24(28)29/h2-12H,14H2,1H3,(H,28,29)(H,30,31)/b20-10-. The van der Waals surface area contributed by atoms with Crippen LogP contribution in [-0.2, 0) is 6.61 Å². The van der Waals surface area contributed by atoms with Crippen LogP contribution in [0.5, 0.6) is 11.5 Å². The number of hydrogen-bond acceptors (Lipinski definition) is 5. The molecular formula is C25H18BrNO6. The van der Waals surface area contributed by atoms with Crippen molar-refractivity contribution >= 4 is 39.5 Å². The van der Waals surface area contributed by atoms with Gasteiger partial charge in [0.05, 0.1) is 34.4 Å². The molecule has 0 heterocycles. The largest absolute Gasteiger partial charge is 0.493 e. The average molecular weight is 508 g/mol. The molecule has 8 heteroatoms. The maximum absolute atomic E-state index is 11.0. The van der Waals surface area contributed by atoms with Gasteiger partial charge in [0, 0.05) is 0 Å². The number of methoxy groups -OCH3 is 1. The van der Waals surface area contributed by atoms with E-state index >= 15 is 0 Å². The molecule has 0 atom stereocenters. The highest BCUT2D eigenvalue weighted by atomic mass is 79.9. The number of rotatable bonds is 8. The fraction of sp³-hybridized carbons (Fsp3) is 0.0800. The molecule has 2 N–H and O–H groups in total. The molecule has 0 amide bonds. The van der Waals surface area contributed by atoms with Gasteiger partial charge in [0.2, 0.25) is 0 Å². The van der Waals surface area contributed by atoms with Crippen LogP contribution >= 0.6 is 15.9 Å². The van der Waals surface area contributed by atoms with Crippen LogP contribution in [0.15, 0.2) is 65.1 Å². The third-order valence-corrected chi connectivity index (χ3v) is 5.30. The fourth-order valence-corrected chi connectivity index (χ4v) is 3.58. The van der Waals surface area contributed by atoms with E-state index in [2.05, 4.69) is 22.0 Å². The zero-order valence-electron chi connectivity index (χ0n) is 17.4. The van der Waals surface area contributed by atoms with Crippen LogP contribution in [-0.4, -0.2) is 29.3 Å². The number of carbonyl (C=O) groups is 2. The lowest BCUT2D eigenvalue weighted by Crippen LogP contribution is -2.01. The van der Waals surface area contributed by atoms with Crippen molar-refractivity contribution in [3.63, 3.8) is 0 Å². The molecule has 0 aliphatic carbocycles. The van der Waals surface area contributed by atoms with Crippen LogP contribution in [0.1, 0.15) is 37.4 Å². The van der Waals surface area contributed by atoms with Gasteiger partial charge in [-0.15, -0.1) is 0 Å². The summed E-state index contributed by atoms with van der Waals surface area (Å²) in [7, 11) is 1.50. The van der Waals surface area contributed by atoms with Gasteiger partial charge in [0.25, 0.3) is 0 Å². The van der Waals surface area contributed by atoms with E-state index < -0.39 is 11.9 Å². The SMILES string of the molecule is COc1cc(/C=C(/C#N)c2ccc(C(=O)O)cc2)cc(Br)c1OCc1ccc(C(=O)O)cc1. The van der Waals surface area contributed by atoms with E-state index in [1.54, 1.807) is 42.5 Å². The lowest BCUT2D eigenvalue weighted by atomic mass is 10.0. The second kappa shape index (κ2) is 10.5. The molecule has 0 spiro atoms. The summed E-state index contributed by atoms with van der Waals surface area (Å²) < 4.78 is 12.0. The van der Waals surface area contributed by atoms with Gasteiger partial charge in [0.15, 0.2) is 11.5 Å². The molecule has 3 aromatic rings. The Balaban J connectivity index is 1.84. The molecule has 7 nitrogen and oxygen atoms in total. The van der Waals surface area contributed by atoms with Crippen molar-refractivity contribution in [3.8, 4) is 17.6 Å². The first-order valence-corrected chi connectivity index (χ1v) is 10.4. The number of allylic oxidation sites excluding steroid dienone is 1. The first-order chi connectivity index (χ1) is 15.8. The summed E-state index contributed by atoms with van der Waals surface area (Å²) in [5, 5.41) is 27.6. The minimum Gasteiger partial charge on any atom is -0.493 e. The van der Waals surface area contributed by atoms with Crippen molar-refractivity contribution < 1.29 is 29.3 Å². The Morgan fingerprint density at radius 1 is 0.970 bits per heavy atom. The van der Waals surface area contributed by atoms with E-state index in [0.29, 0.717) is 32.7 Å². The maximum atomic E-state index is 11.0. The number of nitriles is 1. The van der Waals surface area contributed by atoms with Crippen molar-refractivity contribution in [3.05, 3.63) is 93.0 Å². The maximum Gasteiger partial charge on any atom is 0.335 e. The second-order valence-electron chi connectivity index (χ2n) is 6.88. The van der Waals surface area contributed by atoms with Crippen LogP contribution in [0.3, 0.4) is 0 Å². The molecule has 0 saturated heterocycles. The topological polar surface area (TPSA) is 117 Å². The first kappa shape index (κ1) is 23.6. The predicted molar refractivity (Wildman–Crippen MR) is 125 cm³/mol. The quantitative estimate of drug-likeness (QED) is 0.305. The Bertz CT molecular complexity index is 1260. The van der Waals surface area contributed by atoms with Gasteiger partial charge in [-0.05, 0) is 75.1 Å². The smallest absolute Gasteiger partial charge is 0.335 e. The molecule has 0 aliphatic rings. The van der Waals surface area contributed by atoms with Crippen LogP contribution in [0.4, 0.5) is 0 Å². The van der Waals surface area contributed by atoms with Gasteiger partial charge in [-0.2, -0.15) is 5.26 Å². The molecule has 0 fully saturated rings. The molecule has 3 aromatic carbocycles. The summed E-state index contributed by atoms with van der Waals surface area (Å²) in [6, 6.07) is 18.0. The van der Waals surface area contributed by atoms with E-state index in [-0.39, 0.29) is 17.7 Å². The Morgan fingerprint density at radius 2 is 1.52 bits per heavy atom. The molecule has 0 aliphatic heterocycles. The monoisotopic (exact) mass is 507 g/mol.